The molecule has 0 bridgehead atoms. The number of morpholine rings is 1. The van der Waals surface area contributed by atoms with E-state index in [-0.39, 0.29) is 5.91 Å². The van der Waals surface area contributed by atoms with Crippen LogP contribution in [0.15, 0.2) is 18.5 Å². The van der Waals surface area contributed by atoms with E-state index in [2.05, 4.69) is 10.3 Å². The van der Waals surface area contributed by atoms with Crippen LogP contribution in [0.5, 0.6) is 0 Å². The fourth-order valence-corrected chi connectivity index (χ4v) is 2.21. The Kier molecular flexibility index (Phi) is 5.19. The lowest BCUT2D eigenvalue weighted by Crippen LogP contribution is -2.50. The lowest BCUT2D eigenvalue weighted by atomic mass is 10.1. The maximum absolute atomic E-state index is 12.9. The van der Waals surface area contributed by atoms with Gasteiger partial charge in [-0.2, -0.15) is 13.2 Å². The second-order valence-electron chi connectivity index (χ2n) is 5.05. The number of hydrogen-bond acceptors (Lipinski definition) is 4. The molecule has 2 rings (SSSR count). The number of nitrogens with zero attached hydrogens (tertiary/aromatic N) is 2. The number of nitrogens with one attached hydrogen (secondary N) is 1. The summed E-state index contributed by atoms with van der Waals surface area (Å²) in [5.74, 6) is -1.32. The fraction of sp³-hybridized carbons (Fsp3) is 0.500. The zero-order valence-electron chi connectivity index (χ0n) is 12.4. The van der Waals surface area contributed by atoms with E-state index in [0.29, 0.717) is 32.5 Å². The van der Waals surface area contributed by atoms with Crippen LogP contribution in [0.4, 0.5) is 13.2 Å². The van der Waals surface area contributed by atoms with Crippen molar-refractivity contribution in [3.63, 3.8) is 0 Å². The van der Waals surface area contributed by atoms with Crippen molar-refractivity contribution in [2.24, 2.45) is 0 Å². The number of carbonyl (C=O) groups excluding carboxylic acids is 2. The minimum atomic E-state index is -4.70. The molecule has 1 aromatic rings. The molecule has 1 unspecified atom stereocenters. The molecule has 0 saturated carbocycles. The molecule has 1 atom stereocenters. The molecule has 1 saturated heterocycles. The van der Waals surface area contributed by atoms with Crippen LogP contribution in [-0.4, -0.2) is 54.0 Å². The third kappa shape index (κ3) is 4.19. The summed E-state index contributed by atoms with van der Waals surface area (Å²) in [4.78, 5) is 29.1. The Morgan fingerprint density at radius 2 is 2.00 bits per heavy atom. The Morgan fingerprint density at radius 3 is 2.61 bits per heavy atom. The number of alkyl halides is 3. The van der Waals surface area contributed by atoms with Crippen LogP contribution in [0.3, 0.4) is 0 Å². The summed E-state index contributed by atoms with van der Waals surface area (Å²) in [5, 5.41) is 2.31. The van der Waals surface area contributed by atoms with Crippen molar-refractivity contribution in [2.75, 3.05) is 26.3 Å². The predicted octanol–water partition coefficient (Wildman–Crippen LogP) is 1.08. The van der Waals surface area contributed by atoms with E-state index in [0.717, 1.165) is 12.3 Å². The van der Waals surface area contributed by atoms with Crippen LogP contribution in [0, 0.1) is 0 Å². The van der Waals surface area contributed by atoms with Gasteiger partial charge in [0, 0.05) is 25.5 Å². The number of carbonyl (C=O) groups is 2. The minimum Gasteiger partial charge on any atom is -0.378 e. The van der Waals surface area contributed by atoms with E-state index in [4.69, 9.17) is 4.74 Å². The summed E-state index contributed by atoms with van der Waals surface area (Å²) in [6.07, 6.45) is -3.01. The van der Waals surface area contributed by atoms with Crippen molar-refractivity contribution in [1.82, 2.24) is 15.2 Å². The van der Waals surface area contributed by atoms with Crippen LogP contribution in [0.1, 0.15) is 22.8 Å². The summed E-state index contributed by atoms with van der Waals surface area (Å²) in [7, 11) is 0. The molecule has 6 nitrogen and oxygen atoms in total. The first kappa shape index (κ1) is 17.2. The van der Waals surface area contributed by atoms with E-state index in [1.165, 1.54) is 11.8 Å². The highest BCUT2D eigenvalue weighted by Crippen LogP contribution is 2.31. The van der Waals surface area contributed by atoms with Gasteiger partial charge < -0.3 is 15.0 Å². The normalized spacial score (nSPS) is 16.8. The largest absolute Gasteiger partial charge is 0.418 e. The second-order valence-corrected chi connectivity index (χ2v) is 5.05. The first-order chi connectivity index (χ1) is 10.8. The fourth-order valence-electron chi connectivity index (χ4n) is 2.21. The second kappa shape index (κ2) is 6.95. The zero-order chi connectivity index (χ0) is 17.0. The highest BCUT2D eigenvalue weighted by atomic mass is 19.4. The van der Waals surface area contributed by atoms with E-state index >= 15 is 0 Å². The van der Waals surface area contributed by atoms with E-state index in [9.17, 15) is 22.8 Å². The Hall–Kier alpha value is -2.16. The summed E-state index contributed by atoms with van der Waals surface area (Å²) >= 11 is 0. The maximum atomic E-state index is 12.9. The van der Waals surface area contributed by atoms with Crippen molar-refractivity contribution < 1.29 is 27.5 Å². The summed E-state index contributed by atoms with van der Waals surface area (Å²) in [6, 6.07) is 0.0410. The Balaban J connectivity index is 2.08. The van der Waals surface area contributed by atoms with Crippen LogP contribution >= 0.6 is 0 Å². The first-order valence-electron chi connectivity index (χ1n) is 6.99. The molecule has 1 aromatic heterocycles. The van der Waals surface area contributed by atoms with Gasteiger partial charge in [0.15, 0.2) is 0 Å². The molecule has 2 amide bonds. The first-order valence-corrected chi connectivity index (χ1v) is 6.99. The number of ether oxygens (including phenoxy) is 1. The standard InChI is InChI=1S/C14H16F3N3O3/c1-9(13(22)20-4-6-23-7-5-20)19-12(21)10-2-3-18-8-11(10)14(15,16)17/h2-3,8-9H,4-7H2,1H3,(H,19,21). The highest BCUT2D eigenvalue weighted by Gasteiger charge is 2.36. The smallest absolute Gasteiger partial charge is 0.378 e. The van der Waals surface area contributed by atoms with Crippen molar-refractivity contribution in [1.29, 1.82) is 0 Å². The topological polar surface area (TPSA) is 71.5 Å². The molecule has 1 aliphatic rings. The van der Waals surface area contributed by atoms with Gasteiger partial charge in [-0.15, -0.1) is 0 Å². The van der Waals surface area contributed by atoms with Gasteiger partial charge in [0.1, 0.15) is 6.04 Å². The van der Waals surface area contributed by atoms with Crippen molar-refractivity contribution in [2.45, 2.75) is 19.1 Å². The van der Waals surface area contributed by atoms with Gasteiger partial charge in [-0.25, -0.2) is 0 Å². The average molecular weight is 331 g/mol. The van der Waals surface area contributed by atoms with Gasteiger partial charge in [0.05, 0.1) is 24.3 Å². The molecule has 0 spiro atoms. The Bertz CT molecular complexity index is 586. The molecule has 2 heterocycles. The lowest BCUT2D eigenvalue weighted by Gasteiger charge is -2.29. The number of halogens is 3. The zero-order valence-corrected chi connectivity index (χ0v) is 12.4. The number of rotatable bonds is 3. The molecule has 0 radical (unpaired) electrons. The predicted molar refractivity (Wildman–Crippen MR) is 73.6 cm³/mol. The van der Waals surface area contributed by atoms with E-state index < -0.39 is 29.3 Å². The Labute approximate surface area is 130 Å². The molecular weight excluding hydrogens is 315 g/mol. The molecule has 23 heavy (non-hydrogen) atoms. The molecule has 1 aliphatic heterocycles. The average Bonchev–Trinajstić information content (AvgIpc) is 2.54. The molecule has 1 N–H and O–H groups in total. The van der Waals surface area contributed by atoms with Gasteiger partial charge >= 0.3 is 6.18 Å². The summed E-state index contributed by atoms with van der Waals surface area (Å²) < 4.78 is 43.8. The Morgan fingerprint density at radius 1 is 1.35 bits per heavy atom. The number of pyridine rings is 1. The van der Waals surface area contributed by atoms with Crippen molar-refractivity contribution >= 4 is 11.8 Å². The molecule has 0 aliphatic carbocycles. The van der Waals surface area contributed by atoms with Crippen LogP contribution in [-0.2, 0) is 15.7 Å². The third-order valence-electron chi connectivity index (χ3n) is 3.41. The monoisotopic (exact) mass is 331 g/mol. The summed E-state index contributed by atoms with van der Waals surface area (Å²) in [5.41, 5.74) is -1.70. The van der Waals surface area contributed by atoms with E-state index in [1.807, 2.05) is 0 Å². The quantitative estimate of drug-likeness (QED) is 0.900. The van der Waals surface area contributed by atoms with Crippen LogP contribution in [0.25, 0.3) is 0 Å². The lowest BCUT2D eigenvalue weighted by molar-refractivity contribution is -0.138. The minimum absolute atomic E-state index is 0.357. The van der Waals surface area contributed by atoms with Crippen LogP contribution in [0.2, 0.25) is 0 Å². The molecule has 126 valence electrons. The molecular formula is C14H16F3N3O3. The van der Waals surface area contributed by atoms with Gasteiger partial charge in [-0.3, -0.25) is 14.6 Å². The SMILES string of the molecule is CC(NC(=O)c1ccncc1C(F)(F)F)C(=O)N1CCOCC1. The summed E-state index contributed by atoms with van der Waals surface area (Å²) in [6.45, 7) is 3.01. The number of amides is 2. The van der Waals surface area contributed by atoms with Gasteiger partial charge in [-0.05, 0) is 13.0 Å². The van der Waals surface area contributed by atoms with Crippen molar-refractivity contribution in [3.8, 4) is 0 Å². The van der Waals surface area contributed by atoms with Gasteiger partial charge in [0.25, 0.3) is 5.91 Å². The van der Waals surface area contributed by atoms with Gasteiger partial charge in [0.2, 0.25) is 5.91 Å². The number of aromatic nitrogens is 1. The van der Waals surface area contributed by atoms with Gasteiger partial charge in [-0.1, -0.05) is 0 Å². The molecule has 1 fully saturated rings. The number of hydrogen-bond donors (Lipinski definition) is 1. The highest BCUT2D eigenvalue weighted by molar-refractivity contribution is 5.98. The maximum Gasteiger partial charge on any atom is 0.418 e. The van der Waals surface area contributed by atoms with E-state index in [1.54, 1.807) is 0 Å². The van der Waals surface area contributed by atoms with Crippen LogP contribution < -0.4 is 5.32 Å². The molecule has 9 heteroatoms. The third-order valence-corrected chi connectivity index (χ3v) is 3.41. The van der Waals surface area contributed by atoms with Crippen molar-refractivity contribution in [3.05, 3.63) is 29.6 Å². The molecule has 0 aromatic carbocycles.